The lowest BCUT2D eigenvalue weighted by molar-refractivity contribution is -0.132. The fraction of sp³-hybridized carbons (Fsp3) is 0.611. The summed E-state index contributed by atoms with van der Waals surface area (Å²) in [5, 5.41) is 6.21. The van der Waals surface area contributed by atoms with Crippen LogP contribution in [0.15, 0.2) is 22.0 Å². The summed E-state index contributed by atoms with van der Waals surface area (Å²) in [6, 6.07) is 4.20. The van der Waals surface area contributed by atoms with Gasteiger partial charge in [-0.25, -0.2) is 0 Å². The summed E-state index contributed by atoms with van der Waals surface area (Å²) in [5.74, 6) is 2.14. The smallest absolute Gasteiger partial charge is 0.229 e. The second kappa shape index (κ2) is 7.92. The summed E-state index contributed by atoms with van der Waals surface area (Å²) in [5.41, 5.74) is 0. The molecule has 3 heterocycles. The highest BCUT2D eigenvalue weighted by molar-refractivity contribution is 7.09. The predicted octanol–water partition coefficient (Wildman–Crippen LogP) is 3.98. The van der Waals surface area contributed by atoms with Gasteiger partial charge >= 0.3 is 0 Å². The lowest BCUT2D eigenvalue weighted by Gasteiger charge is -2.31. The van der Waals surface area contributed by atoms with Crippen molar-refractivity contribution < 1.29 is 9.32 Å². The topological polar surface area (TPSA) is 59.2 Å². The van der Waals surface area contributed by atoms with Gasteiger partial charge in [-0.05, 0) is 37.1 Å². The number of hydrogen-bond acceptors (Lipinski definition) is 5. The number of amides is 1. The number of rotatable bonds is 6. The van der Waals surface area contributed by atoms with Gasteiger partial charge in [-0.3, -0.25) is 4.79 Å². The molecule has 24 heavy (non-hydrogen) atoms. The van der Waals surface area contributed by atoms with E-state index in [0.29, 0.717) is 12.3 Å². The van der Waals surface area contributed by atoms with Crippen LogP contribution in [-0.2, 0) is 11.2 Å². The molecule has 0 aromatic carbocycles. The first-order valence-corrected chi connectivity index (χ1v) is 9.65. The summed E-state index contributed by atoms with van der Waals surface area (Å²) < 4.78 is 5.32. The number of carbonyl (C=O) groups is 1. The lowest BCUT2D eigenvalue weighted by Crippen LogP contribution is -2.39. The van der Waals surface area contributed by atoms with Crippen molar-refractivity contribution >= 4 is 17.2 Å². The van der Waals surface area contributed by atoms with Crippen LogP contribution in [0, 0.1) is 0 Å². The molecule has 0 unspecified atom stereocenters. The number of carbonyl (C=O) groups excluding carboxylic acids is 1. The van der Waals surface area contributed by atoms with Gasteiger partial charge in [0.1, 0.15) is 0 Å². The van der Waals surface area contributed by atoms with Gasteiger partial charge in [0.25, 0.3) is 0 Å². The molecule has 1 aliphatic rings. The van der Waals surface area contributed by atoms with Crippen molar-refractivity contribution in [2.75, 3.05) is 13.1 Å². The van der Waals surface area contributed by atoms with Crippen LogP contribution in [-0.4, -0.2) is 34.0 Å². The average Bonchev–Trinajstić information content (AvgIpc) is 3.26. The summed E-state index contributed by atoms with van der Waals surface area (Å²) in [4.78, 5) is 20.3. The SMILES string of the molecule is CC(C)c1nc([C@H]2CCCN(C(=O)CCCc3cccs3)C2)no1. The number of piperidine rings is 1. The van der Waals surface area contributed by atoms with Crippen LogP contribution in [0.5, 0.6) is 0 Å². The number of aromatic nitrogens is 2. The first kappa shape index (κ1) is 17.1. The van der Waals surface area contributed by atoms with Crippen LogP contribution in [0.25, 0.3) is 0 Å². The lowest BCUT2D eigenvalue weighted by atomic mass is 9.97. The highest BCUT2D eigenvalue weighted by Crippen LogP contribution is 2.26. The maximum atomic E-state index is 12.5. The van der Waals surface area contributed by atoms with Gasteiger partial charge in [-0.15, -0.1) is 11.3 Å². The molecule has 5 nitrogen and oxygen atoms in total. The number of nitrogens with zero attached hydrogens (tertiary/aromatic N) is 3. The molecule has 2 aromatic rings. The molecular weight excluding hydrogens is 322 g/mol. The van der Waals surface area contributed by atoms with Crippen molar-refractivity contribution in [3.63, 3.8) is 0 Å². The molecule has 0 spiro atoms. The third kappa shape index (κ3) is 4.23. The number of likely N-dealkylation sites (tertiary alicyclic amines) is 1. The minimum absolute atomic E-state index is 0.205. The summed E-state index contributed by atoms with van der Waals surface area (Å²) in [6.07, 6.45) is 4.56. The fourth-order valence-corrected chi connectivity index (χ4v) is 3.84. The summed E-state index contributed by atoms with van der Waals surface area (Å²) >= 11 is 1.76. The van der Waals surface area contributed by atoms with Crippen molar-refractivity contribution in [2.45, 2.75) is 57.8 Å². The van der Waals surface area contributed by atoms with E-state index in [1.807, 2.05) is 18.7 Å². The van der Waals surface area contributed by atoms with E-state index in [1.54, 1.807) is 11.3 Å². The fourth-order valence-electron chi connectivity index (χ4n) is 3.09. The molecule has 2 aromatic heterocycles. The first-order valence-electron chi connectivity index (χ1n) is 8.77. The number of thiophene rings is 1. The van der Waals surface area contributed by atoms with Crippen LogP contribution in [0.2, 0.25) is 0 Å². The number of aryl methyl sites for hydroxylation is 1. The molecule has 130 valence electrons. The maximum Gasteiger partial charge on any atom is 0.229 e. The van der Waals surface area contributed by atoms with E-state index in [-0.39, 0.29) is 17.7 Å². The summed E-state index contributed by atoms with van der Waals surface area (Å²) in [7, 11) is 0. The Morgan fingerprint density at radius 1 is 1.50 bits per heavy atom. The van der Waals surface area contributed by atoms with Crippen molar-refractivity contribution in [1.82, 2.24) is 15.0 Å². The third-order valence-electron chi connectivity index (χ3n) is 4.48. The second-order valence-electron chi connectivity index (χ2n) is 6.76. The van der Waals surface area contributed by atoms with E-state index < -0.39 is 0 Å². The van der Waals surface area contributed by atoms with Gasteiger partial charge in [-0.2, -0.15) is 4.98 Å². The molecule has 6 heteroatoms. The highest BCUT2D eigenvalue weighted by Gasteiger charge is 2.28. The minimum Gasteiger partial charge on any atom is -0.342 e. The zero-order valence-corrected chi connectivity index (χ0v) is 15.2. The summed E-state index contributed by atoms with van der Waals surface area (Å²) in [6.45, 7) is 5.65. The molecule has 0 aliphatic carbocycles. The van der Waals surface area contributed by atoms with Gasteiger partial charge in [-0.1, -0.05) is 25.1 Å². The minimum atomic E-state index is 0.205. The predicted molar refractivity (Wildman–Crippen MR) is 94.2 cm³/mol. The molecule has 1 saturated heterocycles. The molecule has 0 N–H and O–H groups in total. The monoisotopic (exact) mass is 347 g/mol. The molecule has 1 aliphatic heterocycles. The van der Waals surface area contributed by atoms with Crippen LogP contribution in [0.4, 0.5) is 0 Å². The largest absolute Gasteiger partial charge is 0.342 e. The molecule has 1 atom stereocenters. The third-order valence-corrected chi connectivity index (χ3v) is 5.42. The van der Waals surface area contributed by atoms with E-state index in [4.69, 9.17) is 4.52 Å². The van der Waals surface area contributed by atoms with E-state index >= 15 is 0 Å². The van der Waals surface area contributed by atoms with Crippen molar-refractivity contribution in [2.24, 2.45) is 0 Å². The first-order chi connectivity index (χ1) is 11.6. The quantitative estimate of drug-likeness (QED) is 0.793. The second-order valence-corrected chi connectivity index (χ2v) is 7.79. The van der Waals surface area contributed by atoms with E-state index in [1.165, 1.54) is 4.88 Å². The van der Waals surface area contributed by atoms with E-state index in [2.05, 4.69) is 27.7 Å². The zero-order chi connectivity index (χ0) is 16.9. The van der Waals surface area contributed by atoms with Crippen LogP contribution in [0.1, 0.15) is 68.0 Å². The van der Waals surface area contributed by atoms with Crippen LogP contribution in [0.3, 0.4) is 0 Å². The molecular formula is C18H25N3O2S. The maximum absolute atomic E-state index is 12.5. The molecule has 1 amide bonds. The molecule has 3 rings (SSSR count). The van der Waals surface area contributed by atoms with Gasteiger partial charge in [0.2, 0.25) is 11.8 Å². The molecule has 0 saturated carbocycles. The Morgan fingerprint density at radius 3 is 3.08 bits per heavy atom. The van der Waals surface area contributed by atoms with Gasteiger partial charge in [0, 0.05) is 36.2 Å². The van der Waals surface area contributed by atoms with Crippen molar-refractivity contribution in [3.05, 3.63) is 34.1 Å². The molecule has 0 radical (unpaired) electrons. The van der Waals surface area contributed by atoms with Crippen molar-refractivity contribution in [1.29, 1.82) is 0 Å². The van der Waals surface area contributed by atoms with Gasteiger partial charge in [0.05, 0.1) is 0 Å². The molecule has 0 bridgehead atoms. The van der Waals surface area contributed by atoms with E-state index in [9.17, 15) is 4.79 Å². The Balaban J connectivity index is 1.51. The Labute approximate surface area is 147 Å². The van der Waals surface area contributed by atoms with Crippen LogP contribution < -0.4 is 0 Å². The van der Waals surface area contributed by atoms with Gasteiger partial charge < -0.3 is 9.42 Å². The number of hydrogen-bond donors (Lipinski definition) is 0. The zero-order valence-electron chi connectivity index (χ0n) is 14.4. The standard InChI is InChI=1S/C18H25N3O2S/c1-13(2)18-19-17(20-23-18)14-6-4-10-21(12-14)16(22)9-3-7-15-8-5-11-24-15/h5,8,11,13-14H,3-4,6-7,9-10,12H2,1-2H3/t14-/m0/s1. The van der Waals surface area contributed by atoms with Crippen LogP contribution >= 0.6 is 11.3 Å². The van der Waals surface area contributed by atoms with E-state index in [0.717, 1.165) is 44.6 Å². The Hall–Kier alpha value is -1.69. The van der Waals surface area contributed by atoms with Crippen molar-refractivity contribution in [3.8, 4) is 0 Å². The normalized spacial score (nSPS) is 18.3. The molecule has 1 fully saturated rings. The Kier molecular flexibility index (Phi) is 5.66. The average molecular weight is 347 g/mol. The highest BCUT2D eigenvalue weighted by atomic mass is 32.1. The Bertz CT molecular complexity index is 651. The van der Waals surface area contributed by atoms with Gasteiger partial charge in [0.15, 0.2) is 5.82 Å². The Morgan fingerprint density at radius 2 is 2.38 bits per heavy atom.